The van der Waals surface area contributed by atoms with Gasteiger partial charge in [0.2, 0.25) is 0 Å². The zero-order chi connectivity index (χ0) is 12.4. The number of nitrogens with zero attached hydrogens (tertiary/aromatic N) is 3. The van der Waals surface area contributed by atoms with Gasteiger partial charge in [-0.1, -0.05) is 11.6 Å². The van der Waals surface area contributed by atoms with Gasteiger partial charge in [-0.25, -0.2) is 4.98 Å². The first-order valence-corrected chi connectivity index (χ1v) is 5.59. The molecule has 3 N–H and O–H groups in total. The van der Waals surface area contributed by atoms with Crippen LogP contribution >= 0.6 is 11.6 Å². The first-order chi connectivity index (χ1) is 8.06. The maximum Gasteiger partial charge on any atom is 0.151 e. The molecule has 2 rings (SSSR count). The number of rotatable bonds is 3. The number of aryl methyl sites for hydroxylation is 2. The molecule has 0 aliphatic rings. The summed E-state index contributed by atoms with van der Waals surface area (Å²) in [5, 5.41) is 7.83. The summed E-state index contributed by atoms with van der Waals surface area (Å²) >= 11 is 5.81. The number of anilines is 2. The number of halogens is 1. The third kappa shape index (κ3) is 2.68. The van der Waals surface area contributed by atoms with E-state index < -0.39 is 0 Å². The van der Waals surface area contributed by atoms with Gasteiger partial charge in [-0.2, -0.15) is 5.10 Å². The topological polar surface area (TPSA) is 68.8 Å². The molecule has 0 aliphatic carbocycles. The number of nitrogens with two attached hydrogens (primary N) is 1. The molecule has 0 bridgehead atoms. The van der Waals surface area contributed by atoms with E-state index in [-0.39, 0.29) is 0 Å². The van der Waals surface area contributed by atoms with Gasteiger partial charge in [0.1, 0.15) is 5.15 Å². The van der Waals surface area contributed by atoms with E-state index in [1.165, 1.54) is 0 Å². The Labute approximate surface area is 105 Å². The van der Waals surface area contributed by atoms with Crippen molar-refractivity contribution in [3.8, 4) is 0 Å². The van der Waals surface area contributed by atoms with Crippen LogP contribution in [0.15, 0.2) is 18.3 Å². The predicted octanol–water partition coefficient (Wildman–Crippen LogP) is 1.97. The minimum atomic E-state index is 0.421. The molecule has 17 heavy (non-hydrogen) atoms. The zero-order valence-corrected chi connectivity index (χ0v) is 10.5. The standard InChI is InChI=1S/C11H14ClN5/c1-7-8(6-17(2)16-7)5-14-11-9(13)3-4-10(12)15-11/h3-4,6H,5,13H2,1-2H3,(H,14,15). The Morgan fingerprint density at radius 2 is 2.24 bits per heavy atom. The molecule has 2 aromatic rings. The molecule has 0 aliphatic heterocycles. The summed E-state index contributed by atoms with van der Waals surface area (Å²) in [4.78, 5) is 4.13. The SMILES string of the molecule is Cc1nn(C)cc1CNc1nc(Cl)ccc1N. The Morgan fingerprint density at radius 1 is 1.47 bits per heavy atom. The van der Waals surface area contributed by atoms with Gasteiger partial charge >= 0.3 is 0 Å². The van der Waals surface area contributed by atoms with Crippen molar-refractivity contribution in [1.82, 2.24) is 14.8 Å². The van der Waals surface area contributed by atoms with E-state index in [0.29, 0.717) is 23.2 Å². The van der Waals surface area contributed by atoms with Gasteiger partial charge in [-0.3, -0.25) is 4.68 Å². The monoisotopic (exact) mass is 251 g/mol. The number of pyridine rings is 1. The van der Waals surface area contributed by atoms with Crippen LogP contribution < -0.4 is 11.1 Å². The molecular weight excluding hydrogens is 238 g/mol. The molecule has 2 heterocycles. The highest BCUT2D eigenvalue weighted by molar-refractivity contribution is 6.29. The highest BCUT2D eigenvalue weighted by Crippen LogP contribution is 2.19. The Balaban J connectivity index is 2.12. The van der Waals surface area contributed by atoms with E-state index in [9.17, 15) is 0 Å². The summed E-state index contributed by atoms with van der Waals surface area (Å²) in [6.07, 6.45) is 1.96. The van der Waals surface area contributed by atoms with Crippen molar-refractivity contribution in [2.24, 2.45) is 7.05 Å². The van der Waals surface area contributed by atoms with Crippen LogP contribution in [0.5, 0.6) is 0 Å². The van der Waals surface area contributed by atoms with E-state index in [1.807, 2.05) is 20.2 Å². The summed E-state index contributed by atoms with van der Waals surface area (Å²) in [5.41, 5.74) is 8.46. The van der Waals surface area contributed by atoms with Gasteiger partial charge in [0.25, 0.3) is 0 Å². The Hall–Kier alpha value is -1.75. The van der Waals surface area contributed by atoms with Gasteiger partial charge in [0.05, 0.1) is 11.4 Å². The van der Waals surface area contributed by atoms with Gasteiger partial charge in [-0.05, 0) is 19.1 Å². The molecule has 0 unspecified atom stereocenters. The molecular formula is C11H14ClN5. The van der Waals surface area contributed by atoms with Crippen LogP contribution in [0, 0.1) is 6.92 Å². The van der Waals surface area contributed by atoms with Crippen LogP contribution in [-0.4, -0.2) is 14.8 Å². The van der Waals surface area contributed by atoms with Gasteiger partial charge < -0.3 is 11.1 Å². The number of nitrogen functional groups attached to an aromatic ring is 1. The predicted molar refractivity (Wildman–Crippen MR) is 68.9 cm³/mol. The Morgan fingerprint density at radius 3 is 2.88 bits per heavy atom. The molecule has 5 nitrogen and oxygen atoms in total. The molecule has 0 atom stereocenters. The average molecular weight is 252 g/mol. The number of nitrogens with one attached hydrogen (secondary N) is 1. The molecule has 6 heteroatoms. The lowest BCUT2D eigenvalue weighted by molar-refractivity contribution is 0.756. The smallest absolute Gasteiger partial charge is 0.151 e. The zero-order valence-electron chi connectivity index (χ0n) is 9.74. The second kappa shape index (κ2) is 4.63. The van der Waals surface area contributed by atoms with Crippen LogP contribution in [0.1, 0.15) is 11.3 Å². The molecule has 0 saturated heterocycles. The largest absolute Gasteiger partial charge is 0.396 e. The maximum atomic E-state index is 5.81. The average Bonchev–Trinajstić information content (AvgIpc) is 2.59. The van der Waals surface area contributed by atoms with Gasteiger partial charge in [-0.15, -0.1) is 0 Å². The number of hydrogen-bond acceptors (Lipinski definition) is 4. The van der Waals surface area contributed by atoms with Crippen molar-refractivity contribution >= 4 is 23.1 Å². The first-order valence-electron chi connectivity index (χ1n) is 5.21. The van der Waals surface area contributed by atoms with E-state index >= 15 is 0 Å². The third-order valence-electron chi connectivity index (χ3n) is 2.45. The quantitative estimate of drug-likeness (QED) is 0.819. The molecule has 2 aromatic heterocycles. The summed E-state index contributed by atoms with van der Waals surface area (Å²) in [6.45, 7) is 2.59. The second-order valence-electron chi connectivity index (χ2n) is 3.84. The lowest BCUT2D eigenvalue weighted by Gasteiger charge is -2.07. The highest BCUT2D eigenvalue weighted by atomic mass is 35.5. The lowest BCUT2D eigenvalue weighted by atomic mass is 10.2. The molecule has 0 spiro atoms. The number of hydrogen-bond donors (Lipinski definition) is 2. The fourth-order valence-corrected chi connectivity index (χ4v) is 1.74. The molecule has 90 valence electrons. The van der Waals surface area contributed by atoms with E-state index in [4.69, 9.17) is 17.3 Å². The lowest BCUT2D eigenvalue weighted by Crippen LogP contribution is -2.05. The Kier molecular flexibility index (Phi) is 3.19. The fraction of sp³-hybridized carbons (Fsp3) is 0.273. The summed E-state index contributed by atoms with van der Waals surface area (Å²) in [5.74, 6) is 0.598. The summed E-state index contributed by atoms with van der Waals surface area (Å²) in [7, 11) is 1.89. The third-order valence-corrected chi connectivity index (χ3v) is 2.66. The van der Waals surface area contributed by atoms with Crippen LogP contribution in [0.4, 0.5) is 11.5 Å². The van der Waals surface area contributed by atoms with Gasteiger partial charge in [0.15, 0.2) is 5.82 Å². The first kappa shape index (κ1) is 11.7. The molecule has 0 amide bonds. The van der Waals surface area contributed by atoms with Crippen molar-refractivity contribution < 1.29 is 0 Å². The Bertz CT molecular complexity index is 535. The van der Waals surface area contributed by atoms with Crippen molar-refractivity contribution in [2.75, 3.05) is 11.1 Å². The highest BCUT2D eigenvalue weighted by Gasteiger charge is 2.05. The van der Waals surface area contributed by atoms with Crippen molar-refractivity contribution in [3.63, 3.8) is 0 Å². The molecule has 0 aromatic carbocycles. The maximum absolute atomic E-state index is 5.81. The van der Waals surface area contributed by atoms with Gasteiger partial charge in [0, 0.05) is 25.4 Å². The normalized spacial score (nSPS) is 10.5. The van der Waals surface area contributed by atoms with E-state index in [0.717, 1.165) is 11.3 Å². The van der Waals surface area contributed by atoms with Crippen molar-refractivity contribution in [3.05, 3.63) is 34.7 Å². The van der Waals surface area contributed by atoms with Crippen LogP contribution in [0.3, 0.4) is 0 Å². The summed E-state index contributed by atoms with van der Waals surface area (Å²) < 4.78 is 1.78. The summed E-state index contributed by atoms with van der Waals surface area (Å²) in [6, 6.07) is 3.39. The fourth-order valence-electron chi connectivity index (χ4n) is 1.59. The van der Waals surface area contributed by atoms with Crippen LogP contribution in [-0.2, 0) is 13.6 Å². The second-order valence-corrected chi connectivity index (χ2v) is 4.23. The molecule has 0 saturated carbocycles. The number of aromatic nitrogens is 3. The molecule has 0 fully saturated rings. The van der Waals surface area contributed by atoms with E-state index in [1.54, 1.807) is 16.8 Å². The van der Waals surface area contributed by atoms with Crippen LogP contribution in [0.2, 0.25) is 5.15 Å². The van der Waals surface area contributed by atoms with Crippen molar-refractivity contribution in [2.45, 2.75) is 13.5 Å². The van der Waals surface area contributed by atoms with E-state index in [2.05, 4.69) is 15.4 Å². The van der Waals surface area contributed by atoms with Crippen molar-refractivity contribution in [1.29, 1.82) is 0 Å². The minimum absolute atomic E-state index is 0.421. The van der Waals surface area contributed by atoms with Crippen LogP contribution in [0.25, 0.3) is 0 Å². The minimum Gasteiger partial charge on any atom is -0.396 e. The molecule has 0 radical (unpaired) electrons.